The van der Waals surface area contributed by atoms with Gasteiger partial charge in [0.1, 0.15) is 0 Å². The molecule has 1 aromatic carbocycles. The summed E-state index contributed by atoms with van der Waals surface area (Å²) in [7, 11) is 1.60. The summed E-state index contributed by atoms with van der Waals surface area (Å²) in [5, 5.41) is 19.8. The topological polar surface area (TPSA) is 87.8 Å². The van der Waals surface area contributed by atoms with Crippen molar-refractivity contribution in [3.8, 4) is 0 Å². The van der Waals surface area contributed by atoms with E-state index in [0.29, 0.717) is 16.8 Å². The summed E-state index contributed by atoms with van der Waals surface area (Å²) < 4.78 is 0. The molecule has 1 aliphatic carbocycles. The molecule has 0 aromatic heterocycles. The first-order chi connectivity index (χ1) is 11.0. The molecule has 1 saturated carbocycles. The van der Waals surface area contributed by atoms with Crippen LogP contribution in [-0.2, 0) is 0 Å². The maximum atomic E-state index is 12.1. The Kier molecular flexibility index (Phi) is 4.02. The number of nitro groups is 1. The summed E-state index contributed by atoms with van der Waals surface area (Å²) in [5.74, 6) is 0.236. The second-order valence-corrected chi connectivity index (χ2v) is 6.22. The number of carbonyl (C=O) groups is 1. The van der Waals surface area contributed by atoms with Crippen LogP contribution in [0.15, 0.2) is 17.2 Å². The predicted octanol–water partition coefficient (Wildman–Crippen LogP) is 3.66. The molecule has 3 rings (SSSR count). The first-order valence-corrected chi connectivity index (χ1v) is 7.90. The van der Waals surface area contributed by atoms with Gasteiger partial charge in [-0.2, -0.15) is 5.10 Å². The van der Waals surface area contributed by atoms with E-state index in [-0.39, 0.29) is 22.6 Å². The van der Waals surface area contributed by atoms with E-state index in [0.717, 1.165) is 31.4 Å². The van der Waals surface area contributed by atoms with Crippen LogP contribution in [0.25, 0.3) is 0 Å². The smallest absolute Gasteiger partial charge is 0.306 e. The van der Waals surface area contributed by atoms with Gasteiger partial charge in [-0.05, 0) is 25.8 Å². The van der Waals surface area contributed by atoms with E-state index in [1.807, 2.05) is 0 Å². The lowest BCUT2D eigenvalue weighted by Crippen LogP contribution is -2.26. The Morgan fingerprint density at radius 2 is 2.00 bits per heavy atom. The lowest BCUT2D eigenvalue weighted by atomic mass is 9.82. The number of aryl methyl sites for hydroxylation is 1. The summed E-state index contributed by atoms with van der Waals surface area (Å²) in [6.07, 6.45) is 5.46. The molecule has 0 radical (unpaired) electrons. The number of benzene rings is 1. The van der Waals surface area contributed by atoms with Crippen molar-refractivity contribution in [1.82, 2.24) is 5.01 Å². The number of carbonyl (C=O) groups excluding carboxylic acids is 1. The van der Waals surface area contributed by atoms with Gasteiger partial charge in [0.25, 0.3) is 5.69 Å². The minimum atomic E-state index is -0.384. The molecule has 0 atom stereocenters. The van der Waals surface area contributed by atoms with Crippen LogP contribution < -0.4 is 5.32 Å². The Hall–Kier alpha value is -2.44. The molecule has 0 spiro atoms. The Balaban J connectivity index is 2.14. The number of urea groups is 1. The summed E-state index contributed by atoms with van der Waals surface area (Å²) in [4.78, 5) is 23.0. The molecule has 7 nitrogen and oxygen atoms in total. The molecule has 1 N–H and O–H groups in total. The average Bonchev–Trinajstić information content (AvgIpc) is 2.64. The van der Waals surface area contributed by atoms with Gasteiger partial charge in [0, 0.05) is 30.2 Å². The van der Waals surface area contributed by atoms with Crippen LogP contribution in [0, 0.1) is 23.0 Å². The second kappa shape index (κ2) is 5.98. The van der Waals surface area contributed by atoms with Gasteiger partial charge >= 0.3 is 6.03 Å². The van der Waals surface area contributed by atoms with E-state index in [1.54, 1.807) is 26.1 Å². The summed E-state index contributed by atoms with van der Waals surface area (Å²) in [6, 6.07) is 2.89. The lowest BCUT2D eigenvalue weighted by Gasteiger charge is -2.24. The number of amides is 2. The molecule has 1 aliphatic heterocycles. The number of fused-ring (bicyclic) bond motifs is 1. The number of anilines is 1. The molecule has 1 aromatic rings. The van der Waals surface area contributed by atoms with Gasteiger partial charge < -0.3 is 5.32 Å². The van der Waals surface area contributed by atoms with Crippen molar-refractivity contribution in [1.29, 1.82) is 0 Å². The van der Waals surface area contributed by atoms with Gasteiger partial charge in [-0.15, -0.1) is 0 Å². The maximum absolute atomic E-state index is 12.1. The lowest BCUT2D eigenvalue weighted by molar-refractivity contribution is -0.385. The van der Waals surface area contributed by atoms with Crippen LogP contribution in [-0.4, -0.2) is 28.7 Å². The molecule has 0 saturated heterocycles. The van der Waals surface area contributed by atoms with E-state index in [9.17, 15) is 14.9 Å². The van der Waals surface area contributed by atoms with Gasteiger partial charge in [-0.1, -0.05) is 19.3 Å². The van der Waals surface area contributed by atoms with Gasteiger partial charge in [-0.25, -0.2) is 9.80 Å². The van der Waals surface area contributed by atoms with Crippen LogP contribution in [0.2, 0.25) is 0 Å². The van der Waals surface area contributed by atoms with Crippen molar-refractivity contribution in [2.75, 3.05) is 12.4 Å². The number of hydrogen-bond acceptors (Lipinski definition) is 4. The van der Waals surface area contributed by atoms with Crippen molar-refractivity contribution in [3.05, 3.63) is 33.4 Å². The highest BCUT2D eigenvalue weighted by Crippen LogP contribution is 2.35. The fraction of sp³-hybridized carbons (Fsp3) is 0.500. The third kappa shape index (κ3) is 2.91. The minimum Gasteiger partial charge on any atom is -0.306 e. The standard InChI is InChI=1S/C16H20N4O3/c1-10-8-13-12(9-14(10)20(22)23)15(11-6-4-3-5-7-11)18-19(2)16(21)17-13/h8-9,11H,3-7H2,1-2H3,(H,17,21). The van der Waals surface area contributed by atoms with Crippen LogP contribution in [0.3, 0.4) is 0 Å². The number of rotatable bonds is 2. The van der Waals surface area contributed by atoms with Crippen molar-refractivity contribution in [2.45, 2.75) is 39.0 Å². The van der Waals surface area contributed by atoms with Crippen molar-refractivity contribution < 1.29 is 9.72 Å². The van der Waals surface area contributed by atoms with Crippen molar-refractivity contribution in [2.24, 2.45) is 11.0 Å². The predicted molar refractivity (Wildman–Crippen MR) is 87.7 cm³/mol. The number of nitrogens with zero attached hydrogens (tertiary/aromatic N) is 3. The number of hydrazone groups is 1. The molecule has 0 bridgehead atoms. The number of nitro benzene ring substituents is 1. The minimum absolute atomic E-state index is 0.0612. The van der Waals surface area contributed by atoms with E-state index >= 15 is 0 Å². The Bertz CT molecular complexity index is 693. The van der Waals surface area contributed by atoms with Crippen LogP contribution in [0.4, 0.5) is 16.2 Å². The monoisotopic (exact) mass is 316 g/mol. The fourth-order valence-corrected chi connectivity index (χ4v) is 3.34. The highest BCUT2D eigenvalue weighted by molar-refractivity contribution is 6.11. The highest BCUT2D eigenvalue weighted by atomic mass is 16.6. The molecular weight excluding hydrogens is 296 g/mol. The van der Waals surface area contributed by atoms with Gasteiger partial charge in [0.05, 0.1) is 16.3 Å². The van der Waals surface area contributed by atoms with Crippen molar-refractivity contribution >= 4 is 23.1 Å². The Morgan fingerprint density at radius 1 is 1.30 bits per heavy atom. The molecule has 2 aliphatic rings. The molecule has 1 heterocycles. The molecule has 1 fully saturated rings. The SMILES string of the molecule is Cc1cc2c(cc1[N+](=O)[O-])C(C1CCCCC1)=NN(C)C(=O)N2. The quantitative estimate of drug-likeness (QED) is 0.667. The molecule has 0 unspecified atom stereocenters. The molecule has 23 heavy (non-hydrogen) atoms. The van der Waals surface area contributed by atoms with E-state index in [4.69, 9.17) is 0 Å². The largest absolute Gasteiger partial charge is 0.342 e. The summed E-state index contributed by atoms with van der Waals surface area (Å²) >= 11 is 0. The maximum Gasteiger partial charge on any atom is 0.342 e. The zero-order valence-electron chi connectivity index (χ0n) is 13.3. The zero-order valence-corrected chi connectivity index (χ0v) is 13.3. The number of nitrogens with one attached hydrogen (secondary N) is 1. The molecular formula is C16H20N4O3. The molecule has 2 amide bonds. The van der Waals surface area contributed by atoms with Crippen LogP contribution >= 0.6 is 0 Å². The zero-order chi connectivity index (χ0) is 16.6. The highest BCUT2D eigenvalue weighted by Gasteiger charge is 2.29. The molecule has 122 valence electrons. The Labute approximate surface area is 134 Å². The summed E-state index contributed by atoms with van der Waals surface area (Å²) in [5.41, 5.74) is 2.65. The first kappa shape index (κ1) is 15.5. The average molecular weight is 316 g/mol. The van der Waals surface area contributed by atoms with Crippen LogP contribution in [0.5, 0.6) is 0 Å². The third-order valence-electron chi connectivity index (χ3n) is 4.59. The van der Waals surface area contributed by atoms with Gasteiger partial charge in [0.15, 0.2) is 0 Å². The Morgan fingerprint density at radius 3 is 2.65 bits per heavy atom. The normalized spacial score (nSPS) is 18.8. The van der Waals surface area contributed by atoms with E-state index in [2.05, 4.69) is 10.4 Å². The summed E-state index contributed by atoms with van der Waals surface area (Å²) in [6.45, 7) is 1.68. The van der Waals surface area contributed by atoms with Crippen molar-refractivity contribution in [3.63, 3.8) is 0 Å². The number of hydrogen-bond donors (Lipinski definition) is 1. The van der Waals surface area contributed by atoms with Crippen LogP contribution in [0.1, 0.15) is 43.2 Å². The third-order valence-corrected chi connectivity index (χ3v) is 4.59. The molecule has 7 heteroatoms. The van der Waals surface area contributed by atoms with E-state index in [1.165, 1.54) is 11.4 Å². The fourth-order valence-electron chi connectivity index (χ4n) is 3.34. The first-order valence-electron chi connectivity index (χ1n) is 7.90. The van der Waals surface area contributed by atoms with E-state index < -0.39 is 0 Å². The van der Waals surface area contributed by atoms with Gasteiger partial charge in [-0.3, -0.25) is 10.1 Å². The van der Waals surface area contributed by atoms with Gasteiger partial charge in [0.2, 0.25) is 0 Å². The second-order valence-electron chi connectivity index (χ2n) is 6.22.